The average molecular weight is 507 g/mol. The first-order chi connectivity index (χ1) is 15.9. The second-order valence-electron chi connectivity index (χ2n) is 8.17. The zero-order valence-electron chi connectivity index (χ0n) is 20.3. The van der Waals surface area contributed by atoms with Crippen LogP contribution in [0, 0.1) is 12.8 Å². The van der Waals surface area contributed by atoms with Crippen molar-refractivity contribution >= 4 is 46.9 Å². The standard InChI is InChI=1S/C25H34N2O3S3/c1-7-8-9-16-11-17-12-19(29-3)20(30-4)13-18(17)23(33-14-16)24(28)27-22-21(31-5)10-15(2)26-25(22)32-6/h10,12-13,16,23H,7-9,11,14H2,1-6H3,(H,27,28). The monoisotopic (exact) mass is 506 g/mol. The molecular formula is C25H34N2O3S3. The minimum atomic E-state index is -0.322. The van der Waals surface area contributed by atoms with Gasteiger partial charge in [0.15, 0.2) is 11.5 Å². The van der Waals surface area contributed by atoms with Gasteiger partial charge in [0, 0.05) is 10.6 Å². The largest absolute Gasteiger partial charge is 0.493 e. The number of fused-ring (bicyclic) bond motifs is 1. The molecule has 1 aromatic heterocycles. The third kappa shape index (κ3) is 6.14. The normalized spacial score (nSPS) is 17.8. The second kappa shape index (κ2) is 12.3. The van der Waals surface area contributed by atoms with E-state index in [1.54, 1.807) is 49.5 Å². The fourth-order valence-corrected chi connectivity index (χ4v) is 6.84. The maximum Gasteiger partial charge on any atom is 0.242 e. The van der Waals surface area contributed by atoms with Gasteiger partial charge in [-0.15, -0.1) is 35.3 Å². The zero-order valence-corrected chi connectivity index (χ0v) is 22.8. The summed E-state index contributed by atoms with van der Waals surface area (Å²) in [4.78, 5) is 19.4. The molecule has 0 radical (unpaired) electrons. The van der Waals surface area contributed by atoms with Gasteiger partial charge >= 0.3 is 0 Å². The van der Waals surface area contributed by atoms with Crippen molar-refractivity contribution in [2.75, 3.05) is 37.8 Å². The van der Waals surface area contributed by atoms with Crippen LogP contribution >= 0.6 is 35.3 Å². The Balaban J connectivity index is 2.00. The van der Waals surface area contributed by atoms with Crippen LogP contribution in [-0.2, 0) is 11.2 Å². The minimum absolute atomic E-state index is 0.0131. The van der Waals surface area contributed by atoms with Crippen molar-refractivity contribution in [3.05, 3.63) is 35.0 Å². The Morgan fingerprint density at radius 3 is 2.55 bits per heavy atom. The van der Waals surface area contributed by atoms with Gasteiger partial charge in [-0.3, -0.25) is 4.79 Å². The van der Waals surface area contributed by atoms with E-state index in [9.17, 15) is 4.79 Å². The molecule has 1 aromatic carbocycles. The quantitative estimate of drug-likeness (QED) is 0.383. The number of nitrogens with zero attached hydrogens (tertiary/aromatic N) is 1. The van der Waals surface area contributed by atoms with Gasteiger partial charge in [-0.25, -0.2) is 4.98 Å². The molecule has 0 aliphatic carbocycles. The molecule has 33 heavy (non-hydrogen) atoms. The maximum absolute atomic E-state index is 13.7. The van der Waals surface area contributed by atoms with Gasteiger partial charge < -0.3 is 14.8 Å². The summed E-state index contributed by atoms with van der Waals surface area (Å²) in [6.07, 6.45) is 8.52. The number of pyridine rings is 1. The molecule has 0 bridgehead atoms. The molecule has 2 unspecified atom stereocenters. The molecule has 2 aromatic rings. The number of nitrogens with one attached hydrogen (secondary N) is 1. The number of carbonyl (C=O) groups is 1. The number of ether oxygens (including phenoxy) is 2. The number of methoxy groups -OCH3 is 2. The van der Waals surface area contributed by atoms with Gasteiger partial charge in [0.25, 0.3) is 0 Å². The van der Waals surface area contributed by atoms with Gasteiger partial charge in [0.1, 0.15) is 10.3 Å². The topological polar surface area (TPSA) is 60.5 Å². The van der Waals surface area contributed by atoms with Gasteiger partial charge in [0.05, 0.1) is 19.9 Å². The summed E-state index contributed by atoms with van der Waals surface area (Å²) in [5, 5.41) is 3.76. The Morgan fingerprint density at radius 2 is 1.91 bits per heavy atom. The van der Waals surface area contributed by atoms with Crippen LogP contribution in [0.3, 0.4) is 0 Å². The van der Waals surface area contributed by atoms with Crippen molar-refractivity contribution in [3.63, 3.8) is 0 Å². The summed E-state index contributed by atoms with van der Waals surface area (Å²) in [6.45, 7) is 4.21. The molecule has 3 rings (SSSR count). The SMILES string of the molecule is CCCCC1CSC(C(=O)Nc2c(SC)cc(C)nc2SC)c2cc(OC)c(OC)cc2C1. The van der Waals surface area contributed by atoms with E-state index in [2.05, 4.69) is 23.3 Å². The molecule has 180 valence electrons. The van der Waals surface area contributed by atoms with Crippen LogP contribution in [-0.4, -0.2) is 43.4 Å². The van der Waals surface area contributed by atoms with Crippen LogP contribution in [0.15, 0.2) is 28.1 Å². The van der Waals surface area contributed by atoms with Crippen molar-refractivity contribution in [3.8, 4) is 11.5 Å². The maximum atomic E-state index is 13.7. The molecule has 0 spiro atoms. The van der Waals surface area contributed by atoms with Crippen LogP contribution in [0.1, 0.15) is 48.3 Å². The van der Waals surface area contributed by atoms with Crippen molar-refractivity contribution in [2.45, 2.75) is 54.7 Å². The Hall–Kier alpha value is -1.51. The Morgan fingerprint density at radius 1 is 1.18 bits per heavy atom. The number of unbranched alkanes of at least 4 members (excludes halogenated alkanes) is 1. The summed E-state index contributed by atoms with van der Waals surface area (Å²) in [5.74, 6) is 2.85. The molecule has 1 N–H and O–H groups in total. The van der Waals surface area contributed by atoms with Crippen molar-refractivity contribution in [1.29, 1.82) is 0 Å². The molecular weight excluding hydrogens is 472 g/mol. The van der Waals surface area contributed by atoms with Crippen LogP contribution in [0.25, 0.3) is 0 Å². The first-order valence-corrected chi connectivity index (χ1v) is 14.7. The molecule has 1 aliphatic heterocycles. The summed E-state index contributed by atoms with van der Waals surface area (Å²) in [7, 11) is 3.30. The number of aryl methyl sites for hydroxylation is 1. The summed E-state index contributed by atoms with van der Waals surface area (Å²) in [6, 6.07) is 6.09. The molecule has 1 amide bonds. The number of benzene rings is 1. The first kappa shape index (κ1) is 26.1. The number of rotatable bonds is 9. The van der Waals surface area contributed by atoms with Gasteiger partial charge in [-0.1, -0.05) is 19.8 Å². The van der Waals surface area contributed by atoms with E-state index in [1.165, 1.54) is 24.8 Å². The van der Waals surface area contributed by atoms with Crippen LogP contribution in [0.5, 0.6) is 11.5 Å². The fourth-order valence-electron chi connectivity index (χ4n) is 4.17. The predicted octanol–water partition coefficient (Wildman–Crippen LogP) is 6.63. The average Bonchev–Trinajstić information content (AvgIpc) is 3.00. The number of aromatic nitrogens is 1. The second-order valence-corrected chi connectivity index (χ2v) is 11.0. The van der Waals surface area contributed by atoms with E-state index >= 15 is 0 Å². The van der Waals surface area contributed by atoms with Crippen molar-refractivity contribution in [1.82, 2.24) is 4.98 Å². The van der Waals surface area contributed by atoms with Crippen molar-refractivity contribution in [2.24, 2.45) is 5.92 Å². The number of anilines is 1. The van der Waals surface area contributed by atoms with Gasteiger partial charge in [-0.05, 0) is 73.3 Å². The summed E-state index contributed by atoms with van der Waals surface area (Å²) in [5.41, 5.74) is 3.95. The van der Waals surface area contributed by atoms with E-state index in [0.29, 0.717) is 17.4 Å². The number of amides is 1. The molecule has 5 nitrogen and oxygen atoms in total. The van der Waals surface area contributed by atoms with Crippen molar-refractivity contribution < 1.29 is 14.3 Å². The lowest BCUT2D eigenvalue weighted by molar-refractivity contribution is -0.115. The number of hydrogen-bond donors (Lipinski definition) is 1. The minimum Gasteiger partial charge on any atom is -0.493 e. The molecule has 0 saturated heterocycles. The zero-order chi connectivity index (χ0) is 24.0. The highest BCUT2D eigenvalue weighted by atomic mass is 32.2. The van der Waals surface area contributed by atoms with Crippen LogP contribution < -0.4 is 14.8 Å². The molecule has 0 fully saturated rings. The van der Waals surface area contributed by atoms with Crippen LogP contribution in [0.2, 0.25) is 0 Å². The van der Waals surface area contributed by atoms with E-state index in [1.807, 2.05) is 31.6 Å². The van der Waals surface area contributed by atoms with E-state index in [4.69, 9.17) is 9.47 Å². The molecule has 2 atom stereocenters. The van der Waals surface area contributed by atoms with E-state index in [0.717, 1.165) is 39.0 Å². The summed E-state index contributed by atoms with van der Waals surface area (Å²) < 4.78 is 11.2. The summed E-state index contributed by atoms with van der Waals surface area (Å²) >= 11 is 4.91. The molecule has 1 aliphatic rings. The Bertz CT molecular complexity index is 959. The molecule has 8 heteroatoms. The highest BCUT2D eigenvalue weighted by Crippen LogP contribution is 2.44. The first-order valence-electron chi connectivity index (χ1n) is 11.2. The molecule has 0 saturated carbocycles. The highest BCUT2D eigenvalue weighted by molar-refractivity contribution is 8.00. The predicted molar refractivity (Wildman–Crippen MR) is 143 cm³/mol. The highest BCUT2D eigenvalue weighted by Gasteiger charge is 2.31. The lowest BCUT2D eigenvalue weighted by Gasteiger charge is -2.21. The number of carbonyl (C=O) groups excluding carboxylic acids is 1. The van der Waals surface area contributed by atoms with E-state index < -0.39 is 0 Å². The molecule has 2 heterocycles. The van der Waals surface area contributed by atoms with Gasteiger partial charge in [-0.2, -0.15) is 0 Å². The van der Waals surface area contributed by atoms with E-state index in [-0.39, 0.29) is 11.2 Å². The smallest absolute Gasteiger partial charge is 0.242 e. The van der Waals surface area contributed by atoms with Crippen LogP contribution in [0.4, 0.5) is 5.69 Å². The van der Waals surface area contributed by atoms with Gasteiger partial charge in [0.2, 0.25) is 5.91 Å². The third-order valence-corrected chi connectivity index (χ3v) is 8.79. The third-order valence-electron chi connectivity index (χ3n) is 5.88. The number of hydrogen-bond acceptors (Lipinski definition) is 7. The Labute approximate surface area is 210 Å². The Kier molecular flexibility index (Phi) is 9.70. The lowest BCUT2D eigenvalue weighted by Crippen LogP contribution is -2.21. The number of thioether (sulfide) groups is 3. The lowest BCUT2D eigenvalue weighted by atomic mass is 9.91. The fraction of sp³-hybridized carbons (Fsp3) is 0.520.